The monoisotopic (exact) mass is 238 g/mol. The zero-order valence-corrected chi connectivity index (χ0v) is 11.1. The lowest BCUT2D eigenvalue weighted by Gasteiger charge is -2.22. The summed E-state index contributed by atoms with van der Waals surface area (Å²) in [6, 6.07) is 3.92. The van der Waals surface area contributed by atoms with E-state index in [0.717, 1.165) is 19.5 Å². The van der Waals surface area contributed by atoms with E-state index in [9.17, 15) is 0 Å². The molecule has 0 saturated carbocycles. The van der Waals surface area contributed by atoms with Crippen LogP contribution in [0.25, 0.3) is 0 Å². The lowest BCUT2D eigenvalue weighted by Crippen LogP contribution is -2.28. The average Bonchev–Trinajstić information content (AvgIpc) is 2.35. The molecule has 0 spiro atoms. The first-order valence-corrected chi connectivity index (χ1v) is 5.82. The lowest BCUT2D eigenvalue weighted by atomic mass is 10.1. The molecule has 1 heterocycles. The predicted octanol–water partition coefficient (Wildman–Crippen LogP) is 1.99. The summed E-state index contributed by atoms with van der Waals surface area (Å²) < 4.78 is 10.4. The van der Waals surface area contributed by atoms with Gasteiger partial charge in [-0.1, -0.05) is 0 Å². The van der Waals surface area contributed by atoms with Crippen LogP contribution in [0.1, 0.15) is 25.8 Å². The summed E-state index contributed by atoms with van der Waals surface area (Å²) in [5.74, 6) is 0.654. The zero-order valence-electron chi connectivity index (χ0n) is 11.1. The van der Waals surface area contributed by atoms with Crippen LogP contribution in [-0.2, 0) is 11.3 Å². The van der Waals surface area contributed by atoms with Crippen molar-refractivity contribution in [3.8, 4) is 5.88 Å². The fourth-order valence-electron chi connectivity index (χ4n) is 1.40. The third kappa shape index (κ3) is 5.15. The highest BCUT2D eigenvalue weighted by Crippen LogP contribution is 2.12. The summed E-state index contributed by atoms with van der Waals surface area (Å²) >= 11 is 0. The van der Waals surface area contributed by atoms with Gasteiger partial charge in [-0.15, -0.1) is 0 Å². The van der Waals surface area contributed by atoms with Crippen molar-refractivity contribution >= 4 is 0 Å². The quantitative estimate of drug-likeness (QED) is 0.738. The summed E-state index contributed by atoms with van der Waals surface area (Å²) in [7, 11) is 3.37. The van der Waals surface area contributed by atoms with Gasteiger partial charge in [0, 0.05) is 25.9 Å². The third-order valence-electron chi connectivity index (χ3n) is 2.79. The second kappa shape index (κ2) is 6.57. The van der Waals surface area contributed by atoms with E-state index >= 15 is 0 Å². The van der Waals surface area contributed by atoms with Crippen molar-refractivity contribution < 1.29 is 9.47 Å². The van der Waals surface area contributed by atoms with Gasteiger partial charge in [0.2, 0.25) is 5.88 Å². The van der Waals surface area contributed by atoms with Gasteiger partial charge in [-0.25, -0.2) is 4.98 Å². The van der Waals surface area contributed by atoms with Crippen molar-refractivity contribution in [2.24, 2.45) is 0 Å². The van der Waals surface area contributed by atoms with Crippen LogP contribution < -0.4 is 10.1 Å². The molecule has 0 bridgehead atoms. The Morgan fingerprint density at radius 2 is 2.12 bits per heavy atom. The standard InChI is InChI=1S/C13H22N2O2/c1-13(2,17-4)6-8-14-10-11-5-7-15-12(9-11)16-3/h5,7,9,14H,6,8,10H2,1-4H3. The molecule has 0 aliphatic rings. The molecule has 1 N–H and O–H groups in total. The number of pyridine rings is 1. The van der Waals surface area contributed by atoms with E-state index in [0.29, 0.717) is 5.88 Å². The van der Waals surface area contributed by atoms with Gasteiger partial charge in [0.15, 0.2) is 0 Å². The zero-order chi connectivity index (χ0) is 12.7. The van der Waals surface area contributed by atoms with Crippen molar-refractivity contribution in [1.82, 2.24) is 10.3 Å². The summed E-state index contributed by atoms with van der Waals surface area (Å²) in [6.45, 7) is 5.92. The van der Waals surface area contributed by atoms with Crippen LogP contribution >= 0.6 is 0 Å². The summed E-state index contributed by atoms with van der Waals surface area (Å²) in [5, 5.41) is 3.38. The number of aromatic nitrogens is 1. The maximum atomic E-state index is 5.36. The van der Waals surface area contributed by atoms with Gasteiger partial charge in [-0.05, 0) is 38.4 Å². The number of rotatable bonds is 7. The maximum Gasteiger partial charge on any atom is 0.213 e. The Kier molecular flexibility index (Phi) is 5.38. The van der Waals surface area contributed by atoms with Gasteiger partial charge in [0.1, 0.15) is 0 Å². The topological polar surface area (TPSA) is 43.4 Å². The highest BCUT2D eigenvalue weighted by Gasteiger charge is 2.14. The first-order valence-electron chi connectivity index (χ1n) is 5.82. The van der Waals surface area contributed by atoms with Gasteiger partial charge >= 0.3 is 0 Å². The SMILES string of the molecule is COc1cc(CNCCC(C)(C)OC)ccn1. The number of hydrogen-bond donors (Lipinski definition) is 1. The molecule has 1 rings (SSSR count). The summed E-state index contributed by atoms with van der Waals surface area (Å²) in [6.07, 6.45) is 2.74. The van der Waals surface area contributed by atoms with Crippen LogP contribution in [0.2, 0.25) is 0 Å². The van der Waals surface area contributed by atoms with Crippen LogP contribution in [0.3, 0.4) is 0 Å². The number of methoxy groups -OCH3 is 2. The second-order valence-corrected chi connectivity index (χ2v) is 4.60. The van der Waals surface area contributed by atoms with Crippen LogP contribution in [-0.4, -0.2) is 31.3 Å². The van der Waals surface area contributed by atoms with Gasteiger partial charge in [0.25, 0.3) is 0 Å². The molecule has 1 aromatic rings. The first-order chi connectivity index (χ1) is 8.07. The van der Waals surface area contributed by atoms with Crippen molar-refractivity contribution in [2.75, 3.05) is 20.8 Å². The van der Waals surface area contributed by atoms with Gasteiger partial charge in [0.05, 0.1) is 12.7 Å². The van der Waals surface area contributed by atoms with Crippen LogP contribution in [0, 0.1) is 0 Å². The molecule has 1 aromatic heterocycles. The molecule has 0 radical (unpaired) electrons. The Labute approximate surface area is 103 Å². The molecule has 0 saturated heterocycles. The first kappa shape index (κ1) is 13.9. The van der Waals surface area contributed by atoms with E-state index in [1.807, 2.05) is 12.1 Å². The summed E-state index contributed by atoms with van der Waals surface area (Å²) in [5.41, 5.74) is 1.11. The smallest absolute Gasteiger partial charge is 0.213 e. The molecule has 0 aliphatic carbocycles. The van der Waals surface area contributed by atoms with E-state index in [-0.39, 0.29) is 5.60 Å². The predicted molar refractivity (Wildman–Crippen MR) is 68.2 cm³/mol. The van der Waals surface area contributed by atoms with Gasteiger partial charge < -0.3 is 14.8 Å². The Morgan fingerprint density at radius 1 is 1.35 bits per heavy atom. The molecule has 4 nitrogen and oxygen atoms in total. The minimum atomic E-state index is -0.0665. The highest BCUT2D eigenvalue weighted by atomic mass is 16.5. The largest absolute Gasteiger partial charge is 0.481 e. The number of hydrogen-bond acceptors (Lipinski definition) is 4. The maximum absolute atomic E-state index is 5.36. The molecule has 0 aliphatic heterocycles. The summed E-state index contributed by atoms with van der Waals surface area (Å²) in [4.78, 5) is 4.07. The third-order valence-corrected chi connectivity index (χ3v) is 2.79. The Hall–Kier alpha value is -1.13. The van der Waals surface area contributed by atoms with Crippen molar-refractivity contribution in [1.29, 1.82) is 0 Å². The Bertz CT molecular complexity index is 340. The minimum absolute atomic E-state index is 0.0665. The number of nitrogens with one attached hydrogen (secondary N) is 1. The van der Waals surface area contributed by atoms with Crippen LogP contribution in [0.5, 0.6) is 5.88 Å². The molecule has 96 valence electrons. The number of ether oxygens (including phenoxy) is 2. The van der Waals surface area contributed by atoms with E-state index < -0.39 is 0 Å². The highest BCUT2D eigenvalue weighted by molar-refractivity contribution is 5.20. The van der Waals surface area contributed by atoms with Crippen molar-refractivity contribution in [2.45, 2.75) is 32.4 Å². The molecule has 0 unspecified atom stereocenters. The van der Waals surface area contributed by atoms with E-state index in [1.54, 1.807) is 20.4 Å². The lowest BCUT2D eigenvalue weighted by molar-refractivity contribution is 0.0158. The molecule has 4 heteroatoms. The van der Waals surface area contributed by atoms with E-state index in [1.165, 1.54) is 5.56 Å². The molecule has 0 fully saturated rings. The van der Waals surface area contributed by atoms with Gasteiger partial charge in [-0.3, -0.25) is 0 Å². The second-order valence-electron chi connectivity index (χ2n) is 4.60. The molecule has 17 heavy (non-hydrogen) atoms. The Balaban J connectivity index is 2.31. The van der Waals surface area contributed by atoms with Crippen molar-refractivity contribution in [3.05, 3.63) is 23.9 Å². The molecular weight excluding hydrogens is 216 g/mol. The molecular formula is C13H22N2O2. The van der Waals surface area contributed by atoms with Crippen LogP contribution in [0.4, 0.5) is 0 Å². The normalized spacial score (nSPS) is 11.5. The average molecular weight is 238 g/mol. The van der Waals surface area contributed by atoms with E-state index in [4.69, 9.17) is 9.47 Å². The fraction of sp³-hybridized carbons (Fsp3) is 0.615. The Morgan fingerprint density at radius 3 is 2.76 bits per heavy atom. The molecule has 0 aromatic carbocycles. The van der Waals surface area contributed by atoms with Crippen molar-refractivity contribution in [3.63, 3.8) is 0 Å². The fourth-order valence-corrected chi connectivity index (χ4v) is 1.40. The van der Waals surface area contributed by atoms with E-state index in [2.05, 4.69) is 24.1 Å². The minimum Gasteiger partial charge on any atom is -0.481 e. The molecule has 0 atom stereocenters. The van der Waals surface area contributed by atoms with Gasteiger partial charge in [-0.2, -0.15) is 0 Å². The van der Waals surface area contributed by atoms with Crippen LogP contribution in [0.15, 0.2) is 18.3 Å². The molecule has 0 amide bonds. The number of nitrogens with zero attached hydrogens (tertiary/aromatic N) is 1.